The molecule has 1 aromatic carbocycles. The number of amides is 1. The minimum atomic E-state index is -1.05. The molecule has 0 radical (unpaired) electrons. The summed E-state index contributed by atoms with van der Waals surface area (Å²) in [6.45, 7) is 2.66. The molecule has 9 heteroatoms. The van der Waals surface area contributed by atoms with E-state index >= 15 is 0 Å². The van der Waals surface area contributed by atoms with Gasteiger partial charge in [0, 0.05) is 44.5 Å². The van der Waals surface area contributed by atoms with Crippen molar-refractivity contribution in [2.24, 2.45) is 5.92 Å². The molecule has 166 valence electrons. The van der Waals surface area contributed by atoms with E-state index in [1.165, 1.54) is 19.3 Å². The molecule has 4 rings (SSSR count). The van der Waals surface area contributed by atoms with E-state index in [0.29, 0.717) is 49.2 Å². The summed E-state index contributed by atoms with van der Waals surface area (Å²) in [5, 5.41) is 15.2. The van der Waals surface area contributed by atoms with E-state index in [0.717, 1.165) is 29.6 Å². The third kappa shape index (κ3) is 6.17. The molecule has 2 heterocycles. The first-order valence-corrected chi connectivity index (χ1v) is 11.4. The first kappa shape index (κ1) is 24.9. The van der Waals surface area contributed by atoms with Crippen LogP contribution >= 0.6 is 11.6 Å². The molecule has 2 aromatic rings. The van der Waals surface area contributed by atoms with Gasteiger partial charge in [-0.05, 0) is 43.0 Å². The van der Waals surface area contributed by atoms with E-state index in [2.05, 4.69) is 10.2 Å². The predicted molar refractivity (Wildman–Crippen MR) is 120 cm³/mol. The Labute approximate surface area is 205 Å². The van der Waals surface area contributed by atoms with Crippen LogP contribution < -0.4 is 34.2 Å². The maximum absolute atomic E-state index is 12.6. The fourth-order valence-electron chi connectivity index (χ4n) is 4.63. The fourth-order valence-corrected chi connectivity index (χ4v) is 4.84. The van der Waals surface area contributed by atoms with E-state index in [-0.39, 0.29) is 31.3 Å². The number of carbonyl (C=O) groups is 2. The number of anilines is 2. The molecule has 1 saturated heterocycles. The molecule has 1 aliphatic carbocycles. The molecule has 1 saturated carbocycles. The maximum atomic E-state index is 12.6. The van der Waals surface area contributed by atoms with Crippen molar-refractivity contribution in [2.45, 2.75) is 38.5 Å². The smallest absolute Gasteiger partial charge is 0.549 e. The molecule has 0 bridgehead atoms. The zero-order valence-corrected chi connectivity index (χ0v) is 19.4. The van der Waals surface area contributed by atoms with Crippen LogP contribution in [0.5, 0.6) is 0 Å². The number of halogens is 1. The SMILES string of the molecule is O=C([O-])CN1CCN(c2ccc3c(NC(=O)CC4CCCCC4)c(Cl)ccc3n2)CC1.[Li+]. The maximum Gasteiger partial charge on any atom is 1.00 e. The number of carboxylic acid groups (broad SMARTS) is 1. The summed E-state index contributed by atoms with van der Waals surface area (Å²) in [5.74, 6) is 0.256. The van der Waals surface area contributed by atoms with Crippen molar-refractivity contribution in [3.63, 3.8) is 0 Å². The number of carbonyl (C=O) groups excluding carboxylic acids is 2. The van der Waals surface area contributed by atoms with Crippen LogP contribution in [0.25, 0.3) is 10.9 Å². The summed E-state index contributed by atoms with van der Waals surface area (Å²) in [7, 11) is 0. The van der Waals surface area contributed by atoms with Crippen LogP contribution in [0.4, 0.5) is 11.5 Å². The Balaban J connectivity index is 0.00000289. The van der Waals surface area contributed by atoms with Crippen molar-refractivity contribution in [1.29, 1.82) is 0 Å². The molecule has 1 aromatic heterocycles. The summed E-state index contributed by atoms with van der Waals surface area (Å²) >= 11 is 6.42. The number of carboxylic acids is 1. The van der Waals surface area contributed by atoms with Crippen molar-refractivity contribution >= 4 is 45.9 Å². The normalized spacial score (nSPS) is 17.7. The van der Waals surface area contributed by atoms with Crippen LogP contribution in [0.3, 0.4) is 0 Å². The number of piperazine rings is 1. The zero-order chi connectivity index (χ0) is 21.8. The molecular formula is C23H28ClLiN4O3. The topological polar surface area (TPSA) is 88.6 Å². The Morgan fingerprint density at radius 1 is 1.06 bits per heavy atom. The van der Waals surface area contributed by atoms with Crippen molar-refractivity contribution in [3.8, 4) is 0 Å². The van der Waals surface area contributed by atoms with Gasteiger partial charge in [-0.15, -0.1) is 0 Å². The molecule has 0 unspecified atom stereocenters. The quantitative estimate of drug-likeness (QED) is 0.606. The Morgan fingerprint density at radius 3 is 2.47 bits per heavy atom. The fraction of sp³-hybridized carbons (Fsp3) is 0.522. The molecule has 2 aliphatic rings. The van der Waals surface area contributed by atoms with Gasteiger partial charge in [0.15, 0.2) is 0 Å². The van der Waals surface area contributed by atoms with Gasteiger partial charge in [0.25, 0.3) is 0 Å². The summed E-state index contributed by atoms with van der Waals surface area (Å²) < 4.78 is 0. The summed E-state index contributed by atoms with van der Waals surface area (Å²) in [4.78, 5) is 32.2. The number of benzene rings is 1. The molecule has 0 spiro atoms. The third-order valence-corrected chi connectivity index (χ3v) is 6.63. The number of aliphatic carboxylic acids is 1. The van der Waals surface area contributed by atoms with Gasteiger partial charge in [-0.25, -0.2) is 4.98 Å². The molecule has 1 aliphatic heterocycles. The third-order valence-electron chi connectivity index (χ3n) is 6.32. The number of nitrogens with one attached hydrogen (secondary N) is 1. The number of nitrogens with zero attached hydrogens (tertiary/aromatic N) is 3. The van der Waals surface area contributed by atoms with Gasteiger partial charge in [-0.2, -0.15) is 0 Å². The molecule has 1 amide bonds. The van der Waals surface area contributed by atoms with Gasteiger partial charge in [-0.1, -0.05) is 30.9 Å². The van der Waals surface area contributed by atoms with Crippen molar-refractivity contribution < 1.29 is 33.6 Å². The summed E-state index contributed by atoms with van der Waals surface area (Å²) in [5.41, 5.74) is 1.39. The van der Waals surface area contributed by atoms with Gasteiger partial charge in [0.1, 0.15) is 5.82 Å². The largest absolute Gasteiger partial charge is 1.00 e. The van der Waals surface area contributed by atoms with E-state index in [9.17, 15) is 14.7 Å². The van der Waals surface area contributed by atoms with Crippen LogP contribution in [0.2, 0.25) is 5.02 Å². The van der Waals surface area contributed by atoms with Crippen LogP contribution in [0.1, 0.15) is 38.5 Å². The first-order valence-electron chi connectivity index (χ1n) is 11.1. The Morgan fingerprint density at radius 2 is 1.78 bits per heavy atom. The van der Waals surface area contributed by atoms with Crippen LogP contribution in [0.15, 0.2) is 24.3 Å². The molecule has 32 heavy (non-hydrogen) atoms. The molecule has 7 nitrogen and oxygen atoms in total. The van der Waals surface area contributed by atoms with E-state index in [1.807, 2.05) is 23.1 Å². The summed E-state index contributed by atoms with van der Waals surface area (Å²) in [6.07, 6.45) is 6.47. The second-order valence-corrected chi connectivity index (χ2v) is 8.96. The van der Waals surface area contributed by atoms with Gasteiger partial charge in [0.05, 0.1) is 22.2 Å². The Kier molecular flexibility index (Phi) is 8.84. The van der Waals surface area contributed by atoms with Crippen LogP contribution in [-0.2, 0) is 9.59 Å². The number of aromatic nitrogens is 1. The average molecular weight is 451 g/mol. The van der Waals surface area contributed by atoms with Gasteiger partial charge >= 0.3 is 18.9 Å². The minimum Gasteiger partial charge on any atom is -0.549 e. The van der Waals surface area contributed by atoms with Gasteiger partial charge in [-0.3, -0.25) is 9.69 Å². The van der Waals surface area contributed by atoms with E-state index in [4.69, 9.17) is 16.6 Å². The standard InChI is InChI=1S/C23H29ClN4O3.Li/c24-18-7-8-19-17(23(18)26-21(29)14-16-4-2-1-3-5-16)6-9-20(25-19)28-12-10-27(11-13-28)15-22(30)31;/h6-9,16H,1-5,10-15H2,(H,26,29)(H,30,31);/q;+1/p-1. The van der Waals surface area contributed by atoms with Crippen molar-refractivity contribution in [3.05, 3.63) is 29.3 Å². The molecule has 2 fully saturated rings. The monoisotopic (exact) mass is 450 g/mol. The second-order valence-electron chi connectivity index (χ2n) is 8.55. The number of pyridine rings is 1. The molecule has 1 N–H and O–H groups in total. The average Bonchev–Trinajstić information content (AvgIpc) is 2.76. The summed E-state index contributed by atoms with van der Waals surface area (Å²) in [6, 6.07) is 7.52. The zero-order valence-electron chi connectivity index (χ0n) is 18.6. The molecular weight excluding hydrogens is 423 g/mol. The number of hydrogen-bond donors (Lipinski definition) is 1. The van der Waals surface area contributed by atoms with E-state index < -0.39 is 5.97 Å². The van der Waals surface area contributed by atoms with Gasteiger partial charge < -0.3 is 20.1 Å². The number of fused-ring (bicyclic) bond motifs is 1. The van der Waals surface area contributed by atoms with Crippen LogP contribution in [-0.4, -0.2) is 54.5 Å². The predicted octanol–water partition coefficient (Wildman–Crippen LogP) is -0.327. The Bertz CT molecular complexity index is 960. The number of hydrogen-bond acceptors (Lipinski definition) is 6. The van der Waals surface area contributed by atoms with Crippen LogP contribution in [0, 0.1) is 5.92 Å². The van der Waals surface area contributed by atoms with E-state index in [1.54, 1.807) is 6.07 Å². The van der Waals surface area contributed by atoms with Crippen molar-refractivity contribution in [1.82, 2.24) is 9.88 Å². The van der Waals surface area contributed by atoms with Crippen molar-refractivity contribution in [2.75, 3.05) is 42.9 Å². The van der Waals surface area contributed by atoms with Gasteiger partial charge in [0.2, 0.25) is 5.91 Å². The second kappa shape index (κ2) is 11.4. The Hall–Kier alpha value is -1.78. The first-order chi connectivity index (χ1) is 15.0. The minimum absolute atomic E-state index is 0. The number of rotatable bonds is 6. The molecule has 0 atom stereocenters.